The van der Waals surface area contributed by atoms with Gasteiger partial charge in [0.2, 0.25) is 11.8 Å². The summed E-state index contributed by atoms with van der Waals surface area (Å²) in [5.74, 6) is 0.999. The standard InChI is InChI=1S/C24H33N3O2/c28-22(27(20-6-7-20)17-18-4-2-1-3-5-18)19-8-14-26(15-9-19)23(29)21-16-24(21)10-12-25-13-11-24/h1-5,19-21,25H,6-17H2. The second-order valence-electron chi connectivity index (χ2n) is 9.65. The van der Waals surface area contributed by atoms with Crippen LogP contribution in [0.4, 0.5) is 0 Å². The molecule has 2 aliphatic heterocycles. The van der Waals surface area contributed by atoms with Gasteiger partial charge in [-0.05, 0) is 69.0 Å². The number of benzene rings is 1. The van der Waals surface area contributed by atoms with E-state index in [0.29, 0.717) is 23.3 Å². The molecule has 156 valence electrons. The van der Waals surface area contributed by atoms with Gasteiger partial charge in [0.05, 0.1) is 0 Å². The minimum absolute atomic E-state index is 0.0791. The van der Waals surface area contributed by atoms with Gasteiger partial charge in [-0.3, -0.25) is 9.59 Å². The Balaban J connectivity index is 1.16. The fraction of sp³-hybridized carbons (Fsp3) is 0.667. The van der Waals surface area contributed by atoms with Crippen LogP contribution in [0.25, 0.3) is 0 Å². The average Bonchev–Trinajstić information content (AvgIpc) is 3.70. The Morgan fingerprint density at radius 2 is 1.72 bits per heavy atom. The lowest BCUT2D eigenvalue weighted by molar-refractivity contribution is -0.142. The Bertz CT molecular complexity index is 747. The molecule has 2 amide bonds. The zero-order valence-corrected chi connectivity index (χ0v) is 17.3. The van der Waals surface area contributed by atoms with Crippen molar-refractivity contribution in [3.05, 3.63) is 35.9 Å². The summed E-state index contributed by atoms with van der Waals surface area (Å²) in [6.07, 6.45) is 7.29. The van der Waals surface area contributed by atoms with Gasteiger partial charge in [0.1, 0.15) is 0 Å². The first-order valence-corrected chi connectivity index (χ1v) is 11.5. The van der Waals surface area contributed by atoms with Crippen LogP contribution >= 0.6 is 0 Å². The SMILES string of the molecule is O=C(C1CC12CCNCC2)N1CCC(C(=O)N(Cc2ccccc2)C2CC2)CC1. The fourth-order valence-corrected chi connectivity index (χ4v) is 5.53. The van der Waals surface area contributed by atoms with Crippen LogP contribution in [0.5, 0.6) is 0 Å². The molecule has 0 aromatic heterocycles. The summed E-state index contributed by atoms with van der Waals surface area (Å²) < 4.78 is 0. The van der Waals surface area contributed by atoms with Crippen molar-refractivity contribution in [2.75, 3.05) is 26.2 Å². The molecule has 0 bridgehead atoms. The first-order chi connectivity index (χ1) is 14.2. The summed E-state index contributed by atoms with van der Waals surface area (Å²) in [4.78, 5) is 30.5. The summed E-state index contributed by atoms with van der Waals surface area (Å²) in [6, 6.07) is 10.7. The van der Waals surface area contributed by atoms with Gasteiger partial charge >= 0.3 is 0 Å². The molecule has 1 atom stereocenters. The lowest BCUT2D eigenvalue weighted by Crippen LogP contribution is -2.46. The molecule has 29 heavy (non-hydrogen) atoms. The molecule has 1 unspecified atom stereocenters. The van der Waals surface area contributed by atoms with Gasteiger partial charge in [0.25, 0.3) is 0 Å². The smallest absolute Gasteiger partial charge is 0.226 e. The van der Waals surface area contributed by atoms with E-state index < -0.39 is 0 Å². The molecule has 4 aliphatic rings. The fourth-order valence-electron chi connectivity index (χ4n) is 5.53. The van der Waals surface area contributed by atoms with Crippen LogP contribution in [0.2, 0.25) is 0 Å². The number of hydrogen-bond donors (Lipinski definition) is 1. The first kappa shape index (κ1) is 19.1. The largest absolute Gasteiger partial charge is 0.342 e. The van der Waals surface area contributed by atoms with E-state index in [0.717, 1.165) is 77.7 Å². The van der Waals surface area contributed by atoms with E-state index in [2.05, 4.69) is 27.2 Å². The van der Waals surface area contributed by atoms with Crippen molar-refractivity contribution in [2.45, 2.75) is 57.5 Å². The van der Waals surface area contributed by atoms with Crippen molar-refractivity contribution >= 4 is 11.8 Å². The minimum Gasteiger partial charge on any atom is -0.342 e. The predicted octanol–water partition coefficient (Wildman–Crippen LogP) is 2.81. The monoisotopic (exact) mass is 395 g/mol. The molecule has 2 aliphatic carbocycles. The number of carbonyl (C=O) groups is 2. The molecule has 1 spiro atoms. The maximum absolute atomic E-state index is 13.3. The molecule has 1 aromatic rings. The van der Waals surface area contributed by atoms with Crippen molar-refractivity contribution < 1.29 is 9.59 Å². The van der Waals surface area contributed by atoms with Gasteiger partial charge in [-0.25, -0.2) is 0 Å². The van der Waals surface area contributed by atoms with E-state index in [1.54, 1.807) is 0 Å². The highest BCUT2D eigenvalue weighted by molar-refractivity contribution is 5.84. The van der Waals surface area contributed by atoms with Crippen LogP contribution in [0.3, 0.4) is 0 Å². The van der Waals surface area contributed by atoms with Crippen LogP contribution in [0, 0.1) is 17.3 Å². The quantitative estimate of drug-likeness (QED) is 0.834. The van der Waals surface area contributed by atoms with Crippen molar-refractivity contribution in [3.63, 3.8) is 0 Å². The molecule has 2 saturated heterocycles. The van der Waals surface area contributed by atoms with E-state index >= 15 is 0 Å². The maximum atomic E-state index is 13.3. The predicted molar refractivity (Wildman–Crippen MR) is 112 cm³/mol. The van der Waals surface area contributed by atoms with E-state index in [9.17, 15) is 9.59 Å². The van der Waals surface area contributed by atoms with Crippen LogP contribution in [0.1, 0.15) is 50.5 Å². The number of nitrogens with one attached hydrogen (secondary N) is 1. The number of rotatable bonds is 5. The first-order valence-electron chi connectivity index (χ1n) is 11.5. The van der Waals surface area contributed by atoms with Gasteiger partial charge in [-0.1, -0.05) is 30.3 Å². The number of amides is 2. The molecule has 2 saturated carbocycles. The topological polar surface area (TPSA) is 52.7 Å². The number of hydrogen-bond acceptors (Lipinski definition) is 3. The van der Waals surface area contributed by atoms with Crippen LogP contribution in [0.15, 0.2) is 30.3 Å². The molecular formula is C24H33N3O2. The summed E-state index contributed by atoms with van der Waals surface area (Å²) in [6.45, 7) is 4.34. The van der Waals surface area contributed by atoms with Crippen molar-refractivity contribution in [1.82, 2.24) is 15.1 Å². The number of piperidine rings is 2. The molecule has 1 aromatic carbocycles. The van der Waals surface area contributed by atoms with Gasteiger partial charge in [-0.2, -0.15) is 0 Å². The Kier molecular flexibility index (Phi) is 5.10. The third-order valence-electron chi connectivity index (χ3n) is 7.71. The summed E-state index contributed by atoms with van der Waals surface area (Å²) in [7, 11) is 0. The van der Waals surface area contributed by atoms with Crippen molar-refractivity contribution in [1.29, 1.82) is 0 Å². The number of nitrogens with zero attached hydrogens (tertiary/aromatic N) is 2. The molecule has 2 heterocycles. The molecule has 4 fully saturated rings. The second kappa shape index (κ2) is 7.75. The minimum atomic E-state index is 0.0791. The van der Waals surface area contributed by atoms with Gasteiger partial charge < -0.3 is 15.1 Å². The van der Waals surface area contributed by atoms with Gasteiger partial charge in [0, 0.05) is 37.5 Å². The van der Waals surface area contributed by atoms with Crippen LogP contribution < -0.4 is 5.32 Å². The van der Waals surface area contributed by atoms with E-state index in [1.807, 2.05) is 18.2 Å². The Hall–Kier alpha value is -1.88. The molecule has 5 nitrogen and oxygen atoms in total. The van der Waals surface area contributed by atoms with E-state index in [-0.39, 0.29) is 11.8 Å². The maximum Gasteiger partial charge on any atom is 0.226 e. The number of likely N-dealkylation sites (tertiary alicyclic amines) is 1. The van der Waals surface area contributed by atoms with Crippen LogP contribution in [-0.2, 0) is 16.1 Å². The zero-order chi connectivity index (χ0) is 19.8. The van der Waals surface area contributed by atoms with Gasteiger partial charge in [-0.15, -0.1) is 0 Å². The highest BCUT2D eigenvalue weighted by atomic mass is 16.2. The Morgan fingerprint density at radius 1 is 1.03 bits per heavy atom. The zero-order valence-electron chi connectivity index (χ0n) is 17.3. The average molecular weight is 396 g/mol. The molecule has 5 rings (SSSR count). The lowest BCUT2D eigenvalue weighted by atomic mass is 9.90. The molecule has 1 N–H and O–H groups in total. The van der Waals surface area contributed by atoms with Crippen LogP contribution in [-0.4, -0.2) is 53.8 Å². The molecular weight excluding hydrogens is 362 g/mol. The number of carbonyl (C=O) groups excluding carboxylic acids is 2. The summed E-state index contributed by atoms with van der Waals surface area (Å²) in [5, 5.41) is 3.41. The molecule has 5 heteroatoms. The van der Waals surface area contributed by atoms with E-state index in [1.165, 1.54) is 5.56 Å². The van der Waals surface area contributed by atoms with Crippen molar-refractivity contribution in [3.8, 4) is 0 Å². The normalized spacial score (nSPS) is 26.3. The Morgan fingerprint density at radius 3 is 2.38 bits per heavy atom. The van der Waals surface area contributed by atoms with E-state index in [4.69, 9.17) is 0 Å². The summed E-state index contributed by atoms with van der Waals surface area (Å²) in [5.41, 5.74) is 1.51. The third kappa shape index (κ3) is 3.94. The third-order valence-corrected chi connectivity index (χ3v) is 7.71. The lowest BCUT2D eigenvalue weighted by Gasteiger charge is -2.35. The van der Waals surface area contributed by atoms with Crippen molar-refractivity contribution in [2.24, 2.45) is 17.3 Å². The highest BCUT2D eigenvalue weighted by Gasteiger charge is 2.58. The second-order valence-corrected chi connectivity index (χ2v) is 9.65. The van der Waals surface area contributed by atoms with Gasteiger partial charge in [0.15, 0.2) is 0 Å². The Labute approximate surface area is 173 Å². The highest BCUT2D eigenvalue weighted by Crippen LogP contribution is 2.59. The summed E-state index contributed by atoms with van der Waals surface area (Å²) >= 11 is 0. The molecule has 0 radical (unpaired) electrons.